The Morgan fingerprint density at radius 1 is 1.22 bits per heavy atom. The molecule has 0 radical (unpaired) electrons. The standard InChI is InChI=1S/C15H21NO6S/c1-15(2,3)22-14(19)12(9-10-13(17)18)16-23(20,21)11-7-5-4-6-8-11/h4-8,12,16H,9-10H2,1-3H3,(H,17,18). The van der Waals surface area contributed by atoms with Gasteiger partial charge in [0, 0.05) is 6.42 Å². The number of sulfonamides is 1. The first kappa shape index (κ1) is 19.1. The van der Waals surface area contributed by atoms with Gasteiger partial charge in [0.25, 0.3) is 0 Å². The zero-order chi connectivity index (χ0) is 17.7. The van der Waals surface area contributed by atoms with Crippen molar-refractivity contribution in [2.45, 2.75) is 50.2 Å². The van der Waals surface area contributed by atoms with Gasteiger partial charge in [-0.15, -0.1) is 0 Å². The number of carbonyl (C=O) groups excluding carboxylic acids is 1. The van der Waals surface area contributed by atoms with Crippen molar-refractivity contribution in [3.63, 3.8) is 0 Å². The van der Waals surface area contributed by atoms with Crippen LogP contribution in [-0.4, -0.2) is 37.1 Å². The van der Waals surface area contributed by atoms with Gasteiger partial charge >= 0.3 is 11.9 Å². The Balaban J connectivity index is 2.96. The number of carboxylic acid groups (broad SMARTS) is 1. The maximum absolute atomic E-state index is 12.3. The predicted octanol–water partition coefficient (Wildman–Crippen LogP) is 1.54. The Morgan fingerprint density at radius 2 is 1.78 bits per heavy atom. The Kier molecular flexibility index (Phi) is 6.28. The number of hydrogen-bond donors (Lipinski definition) is 2. The third-order valence-corrected chi connectivity index (χ3v) is 4.18. The van der Waals surface area contributed by atoms with E-state index in [0.717, 1.165) is 0 Å². The molecule has 128 valence electrons. The Labute approximate surface area is 135 Å². The summed E-state index contributed by atoms with van der Waals surface area (Å²) in [7, 11) is -3.95. The van der Waals surface area contributed by atoms with Gasteiger partial charge in [-0.2, -0.15) is 4.72 Å². The monoisotopic (exact) mass is 343 g/mol. The normalized spacial score (nSPS) is 13.3. The molecule has 1 rings (SSSR count). The lowest BCUT2D eigenvalue weighted by Crippen LogP contribution is -2.44. The van der Waals surface area contributed by atoms with Gasteiger partial charge in [-0.25, -0.2) is 8.42 Å². The molecule has 1 atom stereocenters. The van der Waals surface area contributed by atoms with Crippen molar-refractivity contribution in [2.24, 2.45) is 0 Å². The maximum atomic E-state index is 12.3. The molecule has 8 heteroatoms. The van der Waals surface area contributed by atoms with Crippen molar-refractivity contribution in [3.8, 4) is 0 Å². The van der Waals surface area contributed by atoms with Crippen molar-refractivity contribution < 1.29 is 27.9 Å². The van der Waals surface area contributed by atoms with Crippen molar-refractivity contribution in [1.82, 2.24) is 4.72 Å². The molecule has 0 aliphatic rings. The minimum atomic E-state index is -3.95. The van der Waals surface area contributed by atoms with E-state index in [4.69, 9.17) is 9.84 Å². The summed E-state index contributed by atoms with van der Waals surface area (Å²) >= 11 is 0. The zero-order valence-corrected chi connectivity index (χ0v) is 14.1. The highest BCUT2D eigenvalue weighted by Gasteiger charge is 2.30. The zero-order valence-electron chi connectivity index (χ0n) is 13.3. The average molecular weight is 343 g/mol. The summed E-state index contributed by atoms with van der Waals surface area (Å²) in [6.45, 7) is 4.93. The number of benzene rings is 1. The fraction of sp³-hybridized carbons (Fsp3) is 0.467. The van der Waals surface area contributed by atoms with E-state index < -0.39 is 33.6 Å². The van der Waals surface area contributed by atoms with Crippen molar-refractivity contribution in [1.29, 1.82) is 0 Å². The highest BCUT2D eigenvalue weighted by Crippen LogP contribution is 2.14. The molecule has 0 bridgehead atoms. The number of aliphatic carboxylic acids is 1. The van der Waals surface area contributed by atoms with Crippen LogP contribution in [0.5, 0.6) is 0 Å². The van der Waals surface area contributed by atoms with Crippen LogP contribution >= 0.6 is 0 Å². The summed E-state index contributed by atoms with van der Waals surface area (Å²) in [6.07, 6.45) is -0.558. The highest BCUT2D eigenvalue weighted by molar-refractivity contribution is 7.89. The van der Waals surface area contributed by atoms with Crippen molar-refractivity contribution in [2.75, 3.05) is 0 Å². The molecule has 1 unspecified atom stereocenters. The van der Waals surface area contributed by atoms with E-state index in [0.29, 0.717) is 0 Å². The molecule has 0 saturated carbocycles. The smallest absolute Gasteiger partial charge is 0.324 e. The fourth-order valence-corrected chi connectivity index (χ4v) is 2.96. The first-order valence-electron chi connectivity index (χ1n) is 7.03. The number of carboxylic acids is 1. The second-order valence-corrected chi connectivity index (χ2v) is 7.67. The van der Waals surface area contributed by atoms with E-state index in [1.165, 1.54) is 12.1 Å². The minimum Gasteiger partial charge on any atom is -0.481 e. The van der Waals surface area contributed by atoms with Crippen LogP contribution in [-0.2, 0) is 24.3 Å². The Hall–Kier alpha value is -1.93. The number of nitrogens with one attached hydrogen (secondary N) is 1. The summed E-state index contributed by atoms with van der Waals surface area (Å²) in [5.41, 5.74) is -0.809. The quantitative estimate of drug-likeness (QED) is 0.727. The number of rotatable bonds is 7. The second-order valence-electron chi connectivity index (χ2n) is 5.95. The first-order valence-corrected chi connectivity index (χ1v) is 8.51. The number of hydrogen-bond acceptors (Lipinski definition) is 5. The Morgan fingerprint density at radius 3 is 2.26 bits per heavy atom. The molecule has 0 aromatic heterocycles. The number of esters is 1. The van der Waals surface area contributed by atoms with Gasteiger partial charge in [0.15, 0.2) is 0 Å². The summed E-state index contributed by atoms with van der Waals surface area (Å²) < 4.78 is 32.0. The first-order chi connectivity index (χ1) is 10.5. The van der Waals surface area contributed by atoms with Crippen molar-refractivity contribution >= 4 is 22.0 Å². The molecule has 23 heavy (non-hydrogen) atoms. The summed E-state index contributed by atoms with van der Waals surface area (Å²) in [4.78, 5) is 22.8. The van der Waals surface area contributed by atoms with Gasteiger partial charge in [-0.3, -0.25) is 9.59 Å². The highest BCUT2D eigenvalue weighted by atomic mass is 32.2. The fourth-order valence-electron chi connectivity index (χ4n) is 1.72. The molecule has 0 aliphatic heterocycles. The van der Waals surface area contributed by atoms with E-state index >= 15 is 0 Å². The molecule has 2 N–H and O–H groups in total. The SMILES string of the molecule is CC(C)(C)OC(=O)C(CCC(=O)O)NS(=O)(=O)c1ccccc1. The lowest BCUT2D eigenvalue weighted by molar-refractivity contribution is -0.157. The van der Waals surface area contributed by atoms with Crippen LogP contribution in [0.25, 0.3) is 0 Å². The van der Waals surface area contributed by atoms with E-state index in [1.807, 2.05) is 0 Å². The van der Waals surface area contributed by atoms with Crippen LogP contribution in [0.15, 0.2) is 35.2 Å². The van der Waals surface area contributed by atoms with Crippen LogP contribution in [0.3, 0.4) is 0 Å². The Bertz CT molecular complexity index is 648. The molecule has 1 aromatic carbocycles. The lowest BCUT2D eigenvalue weighted by Gasteiger charge is -2.24. The third kappa shape index (κ3) is 6.79. The largest absolute Gasteiger partial charge is 0.481 e. The predicted molar refractivity (Wildman–Crippen MR) is 83.3 cm³/mol. The molecule has 0 saturated heterocycles. The second kappa shape index (κ2) is 7.56. The molecule has 0 aliphatic carbocycles. The molecular weight excluding hydrogens is 322 g/mol. The third-order valence-electron chi connectivity index (χ3n) is 2.69. The molecule has 0 spiro atoms. The molecule has 7 nitrogen and oxygen atoms in total. The number of carbonyl (C=O) groups is 2. The van der Waals surface area contributed by atoms with Crippen LogP contribution in [0, 0.1) is 0 Å². The van der Waals surface area contributed by atoms with Crippen LogP contribution in [0.2, 0.25) is 0 Å². The molecule has 1 aromatic rings. The van der Waals surface area contributed by atoms with Crippen LogP contribution in [0.1, 0.15) is 33.6 Å². The molecule has 0 fully saturated rings. The van der Waals surface area contributed by atoms with Crippen LogP contribution < -0.4 is 4.72 Å². The van der Waals surface area contributed by atoms with Gasteiger partial charge in [-0.1, -0.05) is 18.2 Å². The van der Waals surface area contributed by atoms with E-state index in [-0.39, 0.29) is 17.7 Å². The molecule has 0 heterocycles. The van der Waals surface area contributed by atoms with Crippen LogP contribution in [0.4, 0.5) is 0 Å². The van der Waals surface area contributed by atoms with Gasteiger partial charge in [0.05, 0.1) is 4.90 Å². The maximum Gasteiger partial charge on any atom is 0.324 e. The molecule has 0 amide bonds. The average Bonchev–Trinajstić information content (AvgIpc) is 2.42. The van der Waals surface area contributed by atoms with Crippen molar-refractivity contribution in [3.05, 3.63) is 30.3 Å². The topological polar surface area (TPSA) is 110 Å². The van der Waals surface area contributed by atoms with Gasteiger partial charge in [0.2, 0.25) is 10.0 Å². The minimum absolute atomic E-state index is 0.0103. The summed E-state index contributed by atoms with van der Waals surface area (Å²) in [6, 6.07) is 6.25. The lowest BCUT2D eigenvalue weighted by atomic mass is 10.1. The van der Waals surface area contributed by atoms with Gasteiger partial charge in [0.1, 0.15) is 11.6 Å². The van der Waals surface area contributed by atoms with E-state index in [9.17, 15) is 18.0 Å². The van der Waals surface area contributed by atoms with E-state index in [1.54, 1.807) is 39.0 Å². The summed E-state index contributed by atoms with van der Waals surface area (Å²) in [5.74, 6) is -1.93. The van der Waals surface area contributed by atoms with Gasteiger partial charge < -0.3 is 9.84 Å². The summed E-state index contributed by atoms with van der Waals surface area (Å²) in [5, 5.41) is 8.76. The van der Waals surface area contributed by atoms with Gasteiger partial charge in [-0.05, 0) is 39.3 Å². The number of ether oxygens (including phenoxy) is 1. The molecular formula is C15H21NO6S. The van der Waals surface area contributed by atoms with E-state index in [2.05, 4.69) is 4.72 Å².